The summed E-state index contributed by atoms with van der Waals surface area (Å²) >= 11 is 0. The Morgan fingerprint density at radius 2 is 1.95 bits per heavy atom. The van der Waals surface area contributed by atoms with Gasteiger partial charge in [0.15, 0.2) is 0 Å². The average molecular weight is 276 g/mol. The molecule has 0 saturated heterocycles. The normalized spacial score (nSPS) is 12.7. The molecule has 0 fully saturated rings. The molecular weight excluding hydrogens is 256 g/mol. The zero-order chi connectivity index (χ0) is 14.7. The summed E-state index contributed by atoms with van der Waals surface area (Å²) in [5, 5.41) is 8.31. The van der Waals surface area contributed by atoms with Crippen LogP contribution in [0, 0.1) is 0 Å². The van der Waals surface area contributed by atoms with Crippen molar-refractivity contribution in [1.29, 1.82) is 0 Å². The summed E-state index contributed by atoms with van der Waals surface area (Å²) in [6.07, 6.45) is 1.39. The van der Waals surface area contributed by atoms with E-state index in [1.54, 1.807) is 0 Å². The van der Waals surface area contributed by atoms with Crippen molar-refractivity contribution in [3.63, 3.8) is 0 Å². The van der Waals surface area contributed by atoms with Crippen LogP contribution in [0.1, 0.15) is 40.0 Å². The number of rotatable bonds is 9. The van der Waals surface area contributed by atoms with E-state index < -0.39 is 18.4 Å². The molecule has 0 rings (SSSR count). The second kappa shape index (κ2) is 10.2. The van der Waals surface area contributed by atoms with E-state index in [0.717, 1.165) is 25.5 Å². The highest BCUT2D eigenvalue weighted by molar-refractivity contribution is 5.87. The van der Waals surface area contributed by atoms with Gasteiger partial charge in [-0.15, -0.1) is 0 Å². The fourth-order valence-corrected chi connectivity index (χ4v) is 1.02. The maximum absolute atomic E-state index is 11.4. The smallest absolute Gasteiger partial charge is 0.450 e. The van der Waals surface area contributed by atoms with Crippen molar-refractivity contribution in [2.75, 3.05) is 6.61 Å². The van der Waals surface area contributed by atoms with Crippen LogP contribution in [0.4, 0.5) is 4.79 Å². The van der Waals surface area contributed by atoms with E-state index in [1.165, 1.54) is 13.8 Å². The minimum atomic E-state index is -1.52. The van der Waals surface area contributed by atoms with Crippen LogP contribution in [0.2, 0.25) is 0 Å². The maximum Gasteiger partial charge on any atom is 0.508 e. The Balaban J connectivity index is 3.87. The minimum absolute atomic E-state index is 0.135. The highest BCUT2D eigenvalue weighted by Gasteiger charge is 2.14. The molecule has 7 nitrogen and oxygen atoms in total. The predicted octanol–water partition coefficient (Wildman–Crippen LogP) is 2.61. The number of esters is 1. The Morgan fingerprint density at radius 1 is 1.26 bits per heavy atom. The Hall–Kier alpha value is -1.76. The molecule has 1 unspecified atom stereocenters. The maximum atomic E-state index is 11.4. The van der Waals surface area contributed by atoms with Gasteiger partial charge in [-0.2, -0.15) is 4.89 Å². The van der Waals surface area contributed by atoms with Gasteiger partial charge >= 0.3 is 12.1 Å². The molecule has 0 aromatic heterocycles. The van der Waals surface area contributed by atoms with E-state index in [1.807, 2.05) is 0 Å². The fraction of sp³-hybridized carbons (Fsp3) is 0.667. The molecule has 0 bridgehead atoms. The van der Waals surface area contributed by atoms with E-state index in [2.05, 4.69) is 16.4 Å². The summed E-state index contributed by atoms with van der Waals surface area (Å²) in [7, 11) is 0. The van der Waals surface area contributed by atoms with Crippen molar-refractivity contribution in [1.82, 2.24) is 0 Å². The Kier molecular flexibility index (Phi) is 9.25. The lowest BCUT2D eigenvalue weighted by Crippen LogP contribution is -2.21. The molecule has 0 heterocycles. The summed E-state index contributed by atoms with van der Waals surface area (Å²) in [5.74, 6) is -0.745. The van der Waals surface area contributed by atoms with Gasteiger partial charge in [0, 0.05) is 6.92 Å². The van der Waals surface area contributed by atoms with Crippen molar-refractivity contribution >= 4 is 12.1 Å². The van der Waals surface area contributed by atoms with E-state index in [4.69, 9.17) is 14.9 Å². The van der Waals surface area contributed by atoms with Crippen molar-refractivity contribution in [2.24, 2.45) is 0 Å². The van der Waals surface area contributed by atoms with E-state index in [9.17, 15) is 9.59 Å². The minimum Gasteiger partial charge on any atom is -0.450 e. The van der Waals surface area contributed by atoms with Gasteiger partial charge in [0.25, 0.3) is 0 Å². The van der Waals surface area contributed by atoms with Crippen LogP contribution in [0.15, 0.2) is 11.8 Å². The van der Waals surface area contributed by atoms with Crippen LogP contribution in [-0.4, -0.2) is 30.1 Å². The summed E-state index contributed by atoms with van der Waals surface area (Å²) in [6.45, 7) is 5.25. The first-order valence-electron chi connectivity index (χ1n) is 6.03. The van der Waals surface area contributed by atoms with Crippen LogP contribution < -0.4 is 0 Å². The van der Waals surface area contributed by atoms with Crippen LogP contribution >= 0.6 is 0 Å². The Morgan fingerprint density at radius 3 is 2.53 bits per heavy atom. The van der Waals surface area contributed by atoms with Crippen LogP contribution in [0.25, 0.3) is 0 Å². The lowest BCUT2D eigenvalue weighted by atomic mass is 10.3. The third kappa shape index (κ3) is 9.90. The van der Waals surface area contributed by atoms with Crippen molar-refractivity contribution < 1.29 is 33.9 Å². The molecule has 110 valence electrons. The number of carbonyl (C=O) groups excluding carboxylic acids is 1. The largest absolute Gasteiger partial charge is 0.508 e. The van der Waals surface area contributed by atoms with Crippen molar-refractivity contribution in [3.05, 3.63) is 11.8 Å². The number of ether oxygens (including phenoxy) is 2. The predicted molar refractivity (Wildman–Crippen MR) is 65.0 cm³/mol. The Labute approximate surface area is 112 Å². The zero-order valence-corrected chi connectivity index (χ0v) is 11.4. The van der Waals surface area contributed by atoms with Gasteiger partial charge in [0.2, 0.25) is 6.29 Å². The average Bonchev–Trinajstić information content (AvgIpc) is 2.32. The van der Waals surface area contributed by atoms with E-state index >= 15 is 0 Å². The van der Waals surface area contributed by atoms with Crippen molar-refractivity contribution in [3.8, 4) is 0 Å². The van der Waals surface area contributed by atoms with Gasteiger partial charge in [-0.05, 0) is 13.3 Å². The summed E-state index contributed by atoms with van der Waals surface area (Å²) in [6, 6.07) is 0. The third-order valence-electron chi connectivity index (χ3n) is 1.99. The molecule has 0 aromatic rings. The SMILES string of the molecule is CCCCCOOC=C(C)C(=O)OC(C)OC(=O)O. The van der Waals surface area contributed by atoms with Gasteiger partial charge in [-0.3, -0.25) is 0 Å². The zero-order valence-electron chi connectivity index (χ0n) is 11.4. The Bertz CT molecular complexity index is 311. The summed E-state index contributed by atoms with van der Waals surface area (Å²) in [5.41, 5.74) is 0.135. The van der Waals surface area contributed by atoms with Crippen LogP contribution in [0.5, 0.6) is 0 Å². The molecule has 1 atom stereocenters. The van der Waals surface area contributed by atoms with Crippen LogP contribution in [0.3, 0.4) is 0 Å². The van der Waals surface area contributed by atoms with E-state index in [-0.39, 0.29) is 5.57 Å². The molecule has 19 heavy (non-hydrogen) atoms. The number of hydrogen-bond acceptors (Lipinski definition) is 6. The number of carbonyl (C=O) groups is 2. The first-order chi connectivity index (χ1) is 8.97. The molecule has 0 aliphatic rings. The summed E-state index contributed by atoms with van der Waals surface area (Å²) in [4.78, 5) is 31.1. The van der Waals surface area contributed by atoms with Gasteiger partial charge in [-0.25, -0.2) is 9.59 Å². The molecule has 0 aliphatic heterocycles. The number of unbranched alkanes of at least 4 members (excludes halogenated alkanes) is 2. The molecule has 0 spiro atoms. The topological polar surface area (TPSA) is 91.3 Å². The van der Waals surface area contributed by atoms with Gasteiger partial charge < -0.3 is 19.5 Å². The molecule has 0 amide bonds. The number of hydrogen-bond donors (Lipinski definition) is 1. The molecule has 0 radical (unpaired) electrons. The van der Waals surface area contributed by atoms with E-state index in [0.29, 0.717) is 6.61 Å². The highest BCUT2D eigenvalue weighted by atomic mass is 17.2. The van der Waals surface area contributed by atoms with Crippen molar-refractivity contribution in [2.45, 2.75) is 46.3 Å². The lowest BCUT2D eigenvalue weighted by Gasteiger charge is -2.11. The molecular formula is C12H20O7. The first kappa shape index (κ1) is 17.2. The number of carboxylic acid groups (broad SMARTS) is 1. The monoisotopic (exact) mass is 276 g/mol. The van der Waals surface area contributed by atoms with Gasteiger partial charge in [-0.1, -0.05) is 19.8 Å². The van der Waals surface area contributed by atoms with Gasteiger partial charge in [0.05, 0.1) is 12.2 Å². The van der Waals surface area contributed by atoms with Gasteiger partial charge in [0.1, 0.15) is 6.26 Å². The molecule has 0 aliphatic carbocycles. The first-order valence-corrected chi connectivity index (χ1v) is 6.03. The molecule has 1 N–H and O–H groups in total. The summed E-state index contributed by atoms with van der Waals surface area (Å²) < 4.78 is 8.89. The standard InChI is InChI=1S/C12H20O7/c1-4-5-6-7-16-17-8-9(2)11(13)18-10(3)19-12(14)15/h8,10H,4-7H2,1-3H3,(H,14,15). The second-order valence-electron chi connectivity index (χ2n) is 3.78. The van der Waals surface area contributed by atoms with Crippen LogP contribution in [-0.2, 0) is 24.0 Å². The molecule has 7 heteroatoms. The molecule has 0 saturated carbocycles. The highest BCUT2D eigenvalue weighted by Crippen LogP contribution is 2.03. The quantitative estimate of drug-likeness (QED) is 0.132. The second-order valence-corrected chi connectivity index (χ2v) is 3.78. The third-order valence-corrected chi connectivity index (χ3v) is 1.99. The molecule has 0 aromatic carbocycles. The lowest BCUT2D eigenvalue weighted by molar-refractivity contribution is -0.250. The fourth-order valence-electron chi connectivity index (χ4n) is 1.02.